The predicted octanol–water partition coefficient (Wildman–Crippen LogP) is 2.08. The number of hydrogen-bond donors (Lipinski definition) is 2. The summed E-state index contributed by atoms with van der Waals surface area (Å²) in [6.45, 7) is 3.80. The number of phenolic OH excluding ortho intramolecular Hbond substituents is 1. The number of benzene rings is 1. The van der Waals surface area contributed by atoms with E-state index in [1.165, 1.54) is 0 Å². The standard InChI is InChI=1S/C10H14N2O/c1-7-5-10(13)8(2)4-9(7)12-6-11-3/h4-6,13H,1-3H3,(H,11,12). The number of rotatable bonds is 2. The number of anilines is 1. The molecule has 0 aliphatic rings. The van der Waals surface area contributed by atoms with Crippen molar-refractivity contribution in [3.8, 4) is 5.75 Å². The largest absolute Gasteiger partial charge is 0.508 e. The Morgan fingerprint density at radius 3 is 2.62 bits per heavy atom. The number of nitrogens with zero attached hydrogens (tertiary/aromatic N) is 1. The van der Waals surface area contributed by atoms with Gasteiger partial charge in [-0.25, -0.2) is 0 Å². The Kier molecular flexibility index (Phi) is 2.90. The summed E-state index contributed by atoms with van der Waals surface area (Å²) in [5, 5.41) is 12.4. The van der Waals surface area contributed by atoms with Gasteiger partial charge in [0.2, 0.25) is 0 Å². The summed E-state index contributed by atoms with van der Waals surface area (Å²) in [6, 6.07) is 3.63. The van der Waals surface area contributed by atoms with Crippen LogP contribution in [0.2, 0.25) is 0 Å². The number of aromatic hydroxyl groups is 1. The molecule has 0 saturated carbocycles. The van der Waals surface area contributed by atoms with Gasteiger partial charge in [-0.15, -0.1) is 0 Å². The van der Waals surface area contributed by atoms with Gasteiger partial charge >= 0.3 is 0 Å². The highest BCUT2D eigenvalue weighted by Crippen LogP contribution is 2.24. The Balaban J connectivity index is 3.01. The molecular formula is C10H14N2O. The first-order chi connectivity index (χ1) is 6.15. The molecule has 0 aliphatic heterocycles. The predicted molar refractivity (Wildman–Crippen MR) is 55.6 cm³/mol. The molecule has 0 aromatic heterocycles. The lowest BCUT2D eigenvalue weighted by atomic mass is 10.1. The first-order valence-electron chi connectivity index (χ1n) is 4.12. The van der Waals surface area contributed by atoms with Gasteiger partial charge < -0.3 is 10.4 Å². The van der Waals surface area contributed by atoms with E-state index in [4.69, 9.17) is 0 Å². The van der Waals surface area contributed by atoms with Crippen LogP contribution in [-0.4, -0.2) is 18.5 Å². The third-order valence-corrected chi connectivity index (χ3v) is 1.89. The Labute approximate surface area is 78.1 Å². The summed E-state index contributed by atoms with van der Waals surface area (Å²) < 4.78 is 0. The minimum absolute atomic E-state index is 0.330. The highest BCUT2D eigenvalue weighted by atomic mass is 16.3. The molecule has 13 heavy (non-hydrogen) atoms. The normalized spacial score (nSPS) is 10.7. The van der Waals surface area contributed by atoms with Gasteiger partial charge in [0.1, 0.15) is 5.75 Å². The second-order valence-electron chi connectivity index (χ2n) is 2.99. The summed E-state index contributed by atoms with van der Waals surface area (Å²) in [5.74, 6) is 0.330. The topological polar surface area (TPSA) is 44.6 Å². The van der Waals surface area contributed by atoms with Gasteiger partial charge in [-0.05, 0) is 37.1 Å². The highest BCUT2D eigenvalue weighted by molar-refractivity contribution is 5.77. The summed E-state index contributed by atoms with van der Waals surface area (Å²) in [4.78, 5) is 3.83. The molecule has 0 amide bonds. The first-order valence-corrected chi connectivity index (χ1v) is 4.12. The summed E-state index contributed by atoms with van der Waals surface area (Å²) >= 11 is 0. The fourth-order valence-corrected chi connectivity index (χ4v) is 1.09. The Bertz CT molecular complexity index is 332. The van der Waals surface area contributed by atoms with Gasteiger partial charge in [-0.2, -0.15) is 0 Å². The van der Waals surface area contributed by atoms with E-state index in [2.05, 4.69) is 10.3 Å². The van der Waals surface area contributed by atoms with Crippen molar-refractivity contribution in [2.75, 3.05) is 12.4 Å². The van der Waals surface area contributed by atoms with Crippen LogP contribution in [0.5, 0.6) is 5.75 Å². The van der Waals surface area contributed by atoms with Gasteiger partial charge in [0, 0.05) is 12.7 Å². The van der Waals surface area contributed by atoms with E-state index in [1.807, 2.05) is 19.9 Å². The van der Waals surface area contributed by atoms with Crippen LogP contribution in [0.4, 0.5) is 5.69 Å². The molecule has 0 saturated heterocycles. The van der Waals surface area contributed by atoms with Crippen LogP contribution in [0.25, 0.3) is 0 Å². The van der Waals surface area contributed by atoms with Gasteiger partial charge in [0.15, 0.2) is 0 Å². The van der Waals surface area contributed by atoms with E-state index >= 15 is 0 Å². The molecule has 3 nitrogen and oxygen atoms in total. The maximum absolute atomic E-state index is 9.39. The SMILES string of the molecule is CN=CNc1cc(C)c(O)cc1C. The molecule has 0 heterocycles. The smallest absolute Gasteiger partial charge is 0.118 e. The summed E-state index contributed by atoms with van der Waals surface area (Å²) in [7, 11) is 1.70. The summed E-state index contributed by atoms with van der Waals surface area (Å²) in [5.41, 5.74) is 2.83. The average Bonchev–Trinajstić information content (AvgIpc) is 2.09. The second-order valence-corrected chi connectivity index (χ2v) is 2.99. The monoisotopic (exact) mass is 178 g/mol. The minimum Gasteiger partial charge on any atom is -0.508 e. The highest BCUT2D eigenvalue weighted by Gasteiger charge is 2.01. The van der Waals surface area contributed by atoms with Crippen LogP contribution >= 0.6 is 0 Å². The Morgan fingerprint density at radius 1 is 1.31 bits per heavy atom. The average molecular weight is 178 g/mol. The van der Waals surface area contributed by atoms with Crippen LogP contribution in [-0.2, 0) is 0 Å². The van der Waals surface area contributed by atoms with Gasteiger partial charge in [-0.1, -0.05) is 0 Å². The number of nitrogens with one attached hydrogen (secondary N) is 1. The van der Waals surface area contributed by atoms with E-state index < -0.39 is 0 Å². The molecule has 0 fully saturated rings. The number of hydrogen-bond acceptors (Lipinski definition) is 2. The number of phenols is 1. The molecule has 1 rings (SSSR count). The first kappa shape index (κ1) is 9.58. The lowest BCUT2D eigenvalue weighted by Crippen LogP contribution is -1.97. The van der Waals surface area contributed by atoms with Crippen molar-refractivity contribution in [3.05, 3.63) is 23.3 Å². The van der Waals surface area contributed by atoms with E-state index in [-0.39, 0.29) is 0 Å². The molecule has 0 aliphatic carbocycles. The third-order valence-electron chi connectivity index (χ3n) is 1.89. The molecule has 1 aromatic rings. The molecule has 70 valence electrons. The van der Waals surface area contributed by atoms with Gasteiger partial charge in [0.05, 0.1) is 6.34 Å². The van der Waals surface area contributed by atoms with Crippen LogP contribution in [0, 0.1) is 13.8 Å². The molecule has 3 heteroatoms. The zero-order valence-electron chi connectivity index (χ0n) is 8.13. The third kappa shape index (κ3) is 2.21. The quantitative estimate of drug-likeness (QED) is 0.413. The minimum atomic E-state index is 0.330. The van der Waals surface area contributed by atoms with Crippen LogP contribution in [0.3, 0.4) is 0 Å². The van der Waals surface area contributed by atoms with E-state index in [0.717, 1.165) is 16.8 Å². The van der Waals surface area contributed by atoms with Crippen molar-refractivity contribution in [3.63, 3.8) is 0 Å². The van der Waals surface area contributed by atoms with Crippen molar-refractivity contribution < 1.29 is 5.11 Å². The van der Waals surface area contributed by atoms with Crippen LogP contribution in [0.15, 0.2) is 17.1 Å². The maximum atomic E-state index is 9.39. The van der Waals surface area contributed by atoms with Crippen LogP contribution < -0.4 is 5.32 Å². The van der Waals surface area contributed by atoms with Crippen molar-refractivity contribution in [2.45, 2.75) is 13.8 Å². The second kappa shape index (κ2) is 3.94. The molecule has 0 atom stereocenters. The van der Waals surface area contributed by atoms with Crippen molar-refractivity contribution in [2.24, 2.45) is 4.99 Å². The molecule has 0 bridgehead atoms. The van der Waals surface area contributed by atoms with E-state index in [1.54, 1.807) is 19.5 Å². The summed E-state index contributed by atoms with van der Waals surface area (Å²) in [6.07, 6.45) is 1.62. The lowest BCUT2D eigenvalue weighted by Gasteiger charge is -2.07. The Morgan fingerprint density at radius 2 is 2.00 bits per heavy atom. The molecular weight excluding hydrogens is 164 g/mol. The van der Waals surface area contributed by atoms with Gasteiger partial charge in [-0.3, -0.25) is 4.99 Å². The zero-order valence-corrected chi connectivity index (χ0v) is 8.13. The van der Waals surface area contributed by atoms with E-state index in [9.17, 15) is 5.11 Å². The number of aliphatic imine (C=N–C) groups is 1. The number of aryl methyl sites for hydroxylation is 2. The van der Waals surface area contributed by atoms with Crippen LogP contribution in [0.1, 0.15) is 11.1 Å². The van der Waals surface area contributed by atoms with Crippen molar-refractivity contribution in [1.82, 2.24) is 0 Å². The molecule has 0 unspecified atom stereocenters. The lowest BCUT2D eigenvalue weighted by molar-refractivity contribution is 0.471. The van der Waals surface area contributed by atoms with E-state index in [0.29, 0.717) is 5.75 Å². The van der Waals surface area contributed by atoms with Gasteiger partial charge in [0.25, 0.3) is 0 Å². The molecule has 0 radical (unpaired) electrons. The zero-order chi connectivity index (χ0) is 9.84. The van der Waals surface area contributed by atoms with Crippen molar-refractivity contribution in [1.29, 1.82) is 0 Å². The molecule has 1 aromatic carbocycles. The molecule has 2 N–H and O–H groups in total. The fourth-order valence-electron chi connectivity index (χ4n) is 1.09. The van der Waals surface area contributed by atoms with Crippen molar-refractivity contribution >= 4 is 12.0 Å². The fraction of sp³-hybridized carbons (Fsp3) is 0.300. The molecule has 0 spiro atoms. The maximum Gasteiger partial charge on any atom is 0.118 e. The Hall–Kier alpha value is -1.51.